The third kappa shape index (κ3) is 4.77. The van der Waals surface area contributed by atoms with Crippen molar-refractivity contribution < 1.29 is 19.5 Å². The summed E-state index contributed by atoms with van der Waals surface area (Å²) in [4.78, 5) is 38.0. The minimum absolute atomic E-state index is 0.00725. The molecule has 0 spiro atoms. The normalized spacial score (nSPS) is 30.2. The maximum atomic E-state index is 12.8. The summed E-state index contributed by atoms with van der Waals surface area (Å²) >= 11 is 0. The number of carboxylic acids is 1. The molecular weight excluding hydrogens is 332 g/mol. The Morgan fingerprint density at radius 2 is 1.54 bits per heavy atom. The second-order valence-corrected chi connectivity index (χ2v) is 8.35. The van der Waals surface area contributed by atoms with Gasteiger partial charge in [-0.25, -0.2) is 4.79 Å². The molecule has 3 rings (SSSR count). The molecule has 1 atom stereocenters. The molecule has 0 aromatic rings. The van der Waals surface area contributed by atoms with E-state index in [0.717, 1.165) is 38.5 Å². The summed E-state index contributed by atoms with van der Waals surface area (Å²) in [5.41, 5.74) is 0. The molecule has 1 heterocycles. The smallest absolute Gasteiger partial charge is 0.326 e. The zero-order valence-electron chi connectivity index (χ0n) is 15.6. The predicted molar refractivity (Wildman–Crippen MR) is 97.5 cm³/mol. The van der Waals surface area contributed by atoms with E-state index < -0.39 is 12.0 Å². The van der Waals surface area contributed by atoms with Crippen LogP contribution in [0.4, 0.5) is 0 Å². The number of hydrogen-bond acceptors (Lipinski definition) is 3. The fourth-order valence-electron chi connectivity index (χ4n) is 4.93. The molecule has 1 aliphatic heterocycles. The molecule has 0 aromatic carbocycles. The zero-order chi connectivity index (χ0) is 18.5. The van der Waals surface area contributed by atoms with Crippen molar-refractivity contribution in [3.8, 4) is 0 Å². The van der Waals surface area contributed by atoms with Crippen molar-refractivity contribution in [2.75, 3.05) is 6.54 Å². The van der Waals surface area contributed by atoms with Crippen LogP contribution in [-0.4, -0.2) is 46.4 Å². The lowest BCUT2D eigenvalue weighted by molar-refractivity contribution is -0.154. The van der Waals surface area contributed by atoms with E-state index in [0.29, 0.717) is 25.3 Å². The summed E-state index contributed by atoms with van der Waals surface area (Å²) < 4.78 is 0. The van der Waals surface area contributed by atoms with E-state index in [1.807, 2.05) is 0 Å². The van der Waals surface area contributed by atoms with Gasteiger partial charge in [0.15, 0.2) is 0 Å². The first kappa shape index (κ1) is 19.2. The Kier molecular flexibility index (Phi) is 6.54. The molecule has 3 fully saturated rings. The molecule has 2 saturated carbocycles. The Balaban J connectivity index is 1.44. The lowest BCUT2D eigenvalue weighted by atomic mass is 9.84. The van der Waals surface area contributed by atoms with E-state index in [1.165, 1.54) is 25.7 Å². The van der Waals surface area contributed by atoms with Crippen molar-refractivity contribution >= 4 is 17.8 Å². The summed E-state index contributed by atoms with van der Waals surface area (Å²) in [5, 5.41) is 12.5. The summed E-state index contributed by atoms with van der Waals surface area (Å²) in [6.45, 7) is 0.563. The highest BCUT2D eigenvalue weighted by atomic mass is 16.4. The fourth-order valence-corrected chi connectivity index (χ4v) is 4.93. The number of nitrogens with one attached hydrogen (secondary N) is 1. The average Bonchev–Trinajstić information content (AvgIpc) is 3.14. The minimum Gasteiger partial charge on any atom is -0.480 e. The van der Waals surface area contributed by atoms with Gasteiger partial charge in [0, 0.05) is 24.9 Å². The molecule has 1 unspecified atom stereocenters. The Bertz CT molecular complexity index is 522. The number of carbonyl (C=O) groups is 3. The van der Waals surface area contributed by atoms with Crippen LogP contribution in [0.2, 0.25) is 0 Å². The van der Waals surface area contributed by atoms with Crippen LogP contribution in [0.1, 0.15) is 77.0 Å². The van der Waals surface area contributed by atoms with Gasteiger partial charge < -0.3 is 15.3 Å². The van der Waals surface area contributed by atoms with Gasteiger partial charge in [0.25, 0.3) is 0 Å². The van der Waals surface area contributed by atoms with Crippen LogP contribution >= 0.6 is 0 Å². The minimum atomic E-state index is -0.883. The van der Waals surface area contributed by atoms with E-state index in [9.17, 15) is 19.5 Å². The first-order valence-electron chi connectivity index (χ1n) is 10.4. The van der Waals surface area contributed by atoms with Crippen molar-refractivity contribution in [2.24, 2.45) is 11.8 Å². The number of aliphatic carboxylic acids is 1. The molecule has 2 N–H and O–H groups in total. The van der Waals surface area contributed by atoms with Crippen LogP contribution in [0.3, 0.4) is 0 Å². The Hall–Kier alpha value is -1.59. The highest BCUT2D eigenvalue weighted by Crippen LogP contribution is 2.30. The number of piperidine rings is 1. The van der Waals surface area contributed by atoms with Crippen molar-refractivity contribution in [2.45, 2.75) is 89.1 Å². The van der Waals surface area contributed by atoms with Gasteiger partial charge in [0.2, 0.25) is 11.8 Å². The van der Waals surface area contributed by atoms with Crippen LogP contribution in [-0.2, 0) is 14.4 Å². The lowest BCUT2D eigenvalue weighted by Crippen LogP contribution is -2.51. The van der Waals surface area contributed by atoms with Crippen LogP contribution < -0.4 is 5.32 Å². The maximum Gasteiger partial charge on any atom is 0.326 e. The number of hydrogen-bond donors (Lipinski definition) is 2. The highest BCUT2D eigenvalue weighted by Gasteiger charge is 2.37. The van der Waals surface area contributed by atoms with Gasteiger partial charge in [0.1, 0.15) is 6.04 Å². The van der Waals surface area contributed by atoms with E-state index in [-0.39, 0.29) is 23.8 Å². The third-order valence-corrected chi connectivity index (χ3v) is 6.46. The van der Waals surface area contributed by atoms with Crippen LogP contribution in [0.25, 0.3) is 0 Å². The topological polar surface area (TPSA) is 86.7 Å². The van der Waals surface area contributed by atoms with Gasteiger partial charge in [0.05, 0.1) is 0 Å². The Morgan fingerprint density at radius 3 is 2.19 bits per heavy atom. The summed E-state index contributed by atoms with van der Waals surface area (Å²) in [5.74, 6) is -0.245. The second-order valence-electron chi connectivity index (χ2n) is 8.35. The fraction of sp³-hybridized carbons (Fsp3) is 0.850. The van der Waals surface area contributed by atoms with Crippen molar-refractivity contribution in [1.82, 2.24) is 10.2 Å². The standard InChI is InChI=1S/C20H32N2O4/c23-18(13-14-5-1-2-6-14)21-16-10-8-15(9-11-16)19(24)22-12-4-3-7-17(22)20(25)26/h14-17H,1-13H2,(H,21,23)(H,25,26). The molecule has 6 heteroatoms. The Labute approximate surface area is 155 Å². The molecule has 6 nitrogen and oxygen atoms in total. The van der Waals surface area contributed by atoms with Gasteiger partial charge in [-0.15, -0.1) is 0 Å². The first-order chi connectivity index (χ1) is 12.5. The molecule has 2 aliphatic carbocycles. The molecule has 146 valence electrons. The maximum absolute atomic E-state index is 12.8. The predicted octanol–water partition coefficient (Wildman–Crippen LogP) is 2.71. The molecule has 0 radical (unpaired) electrons. The van der Waals surface area contributed by atoms with E-state index in [2.05, 4.69) is 5.32 Å². The second kappa shape index (κ2) is 8.87. The molecule has 1 saturated heterocycles. The number of amides is 2. The van der Waals surface area contributed by atoms with Crippen LogP contribution in [0.15, 0.2) is 0 Å². The number of rotatable bonds is 5. The van der Waals surface area contributed by atoms with Gasteiger partial charge in [-0.1, -0.05) is 12.8 Å². The summed E-state index contributed by atoms with van der Waals surface area (Å²) in [7, 11) is 0. The third-order valence-electron chi connectivity index (χ3n) is 6.46. The summed E-state index contributed by atoms with van der Waals surface area (Å²) in [6.07, 6.45) is 11.0. The molecule has 0 bridgehead atoms. The van der Waals surface area contributed by atoms with E-state index in [4.69, 9.17) is 0 Å². The lowest BCUT2D eigenvalue weighted by Gasteiger charge is -2.37. The van der Waals surface area contributed by atoms with Gasteiger partial charge in [-0.05, 0) is 63.7 Å². The monoisotopic (exact) mass is 364 g/mol. The summed E-state index contributed by atoms with van der Waals surface area (Å²) in [6, 6.07) is -0.482. The van der Waals surface area contributed by atoms with Crippen molar-refractivity contribution in [3.05, 3.63) is 0 Å². The first-order valence-corrected chi connectivity index (χ1v) is 10.4. The molecule has 2 amide bonds. The number of carboxylic acid groups (broad SMARTS) is 1. The van der Waals surface area contributed by atoms with Crippen molar-refractivity contribution in [1.29, 1.82) is 0 Å². The van der Waals surface area contributed by atoms with Gasteiger partial charge in [-0.2, -0.15) is 0 Å². The SMILES string of the molecule is O=C(CC1CCCC1)NC1CCC(C(=O)N2CCCCC2C(=O)O)CC1. The van der Waals surface area contributed by atoms with Gasteiger partial charge in [-0.3, -0.25) is 9.59 Å². The highest BCUT2D eigenvalue weighted by molar-refractivity contribution is 5.85. The van der Waals surface area contributed by atoms with Crippen LogP contribution in [0.5, 0.6) is 0 Å². The number of carbonyl (C=O) groups excluding carboxylic acids is 2. The Morgan fingerprint density at radius 1 is 0.885 bits per heavy atom. The molecule has 0 aromatic heterocycles. The number of likely N-dealkylation sites (tertiary alicyclic amines) is 1. The van der Waals surface area contributed by atoms with E-state index >= 15 is 0 Å². The van der Waals surface area contributed by atoms with E-state index in [1.54, 1.807) is 4.90 Å². The van der Waals surface area contributed by atoms with Crippen molar-refractivity contribution in [3.63, 3.8) is 0 Å². The quantitative estimate of drug-likeness (QED) is 0.785. The number of nitrogens with zero attached hydrogens (tertiary/aromatic N) is 1. The largest absolute Gasteiger partial charge is 0.480 e. The molecule has 3 aliphatic rings. The molecular formula is C20H32N2O4. The van der Waals surface area contributed by atoms with Crippen LogP contribution in [0, 0.1) is 11.8 Å². The zero-order valence-corrected chi connectivity index (χ0v) is 15.6. The molecule has 26 heavy (non-hydrogen) atoms. The van der Waals surface area contributed by atoms with Gasteiger partial charge >= 0.3 is 5.97 Å². The average molecular weight is 364 g/mol.